The number of guanidine groups is 1. The highest BCUT2D eigenvalue weighted by atomic mass is 16.3. The lowest BCUT2D eigenvalue weighted by Gasteiger charge is -2.23. The quantitative estimate of drug-likeness (QED) is 0.548. The van der Waals surface area contributed by atoms with E-state index in [-0.39, 0.29) is 11.3 Å². The van der Waals surface area contributed by atoms with Gasteiger partial charge in [0.05, 0.1) is 5.69 Å². The molecule has 7 nitrogen and oxygen atoms in total. The van der Waals surface area contributed by atoms with Crippen molar-refractivity contribution in [1.82, 2.24) is 9.55 Å². The number of benzene rings is 2. The molecule has 27 heavy (non-hydrogen) atoms. The van der Waals surface area contributed by atoms with Gasteiger partial charge in [-0.2, -0.15) is 0 Å². The molecule has 0 fully saturated rings. The zero-order valence-electron chi connectivity index (χ0n) is 15.0. The Bertz CT molecular complexity index is 1070. The Hall–Kier alpha value is -3.61. The number of hydrogen-bond donors (Lipinski definition) is 4. The number of nitrogens with zero attached hydrogens (tertiary/aromatic N) is 2. The lowest BCUT2D eigenvalue weighted by Crippen LogP contribution is -2.82. The average Bonchev–Trinajstić information content (AvgIpc) is 2.63. The Morgan fingerprint density at radius 2 is 1.81 bits per heavy atom. The molecule has 1 aromatic heterocycles. The maximum absolute atomic E-state index is 12.6. The Morgan fingerprint density at radius 1 is 1.11 bits per heavy atom. The van der Waals surface area contributed by atoms with Crippen molar-refractivity contribution in [2.45, 2.75) is 20.0 Å². The van der Waals surface area contributed by atoms with Crippen LogP contribution >= 0.6 is 0 Å². The van der Waals surface area contributed by atoms with Crippen molar-refractivity contribution in [2.24, 2.45) is 0 Å². The van der Waals surface area contributed by atoms with Gasteiger partial charge in [0.15, 0.2) is 6.17 Å². The van der Waals surface area contributed by atoms with E-state index in [9.17, 15) is 9.90 Å². The summed E-state index contributed by atoms with van der Waals surface area (Å²) in [7, 11) is 0. The van der Waals surface area contributed by atoms with Crippen molar-refractivity contribution in [3.8, 4) is 5.75 Å². The fourth-order valence-electron chi connectivity index (χ4n) is 3.03. The number of fused-ring (bicyclic) bond motifs is 1. The number of aryl methyl sites for hydroxylation is 2. The summed E-state index contributed by atoms with van der Waals surface area (Å²) in [6.45, 7) is 3.82. The molecule has 1 aliphatic rings. The van der Waals surface area contributed by atoms with Crippen LogP contribution in [0.5, 0.6) is 5.75 Å². The SMILES string of the molecule is Cc1ccc(NC2=[NH+][C@H](c3ccc(O)cc3)n3c(nc(C)cc3=O)N2)cc1. The summed E-state index contributed by atoms with van der Waals surface area (Å²) in [5.41, 5.74) is 3.38. The van der Waals surface area contributed by atoms with Crippen LogP contribution < -0.4 is 21.2 Å². The zero-order chi connectivity index (χ0) is 19.0. The average molecular weight is 362 g/mol. The third kappa shape index (κ3) is 3.39. The van der Waals surface area contributed by atoms with Crippen molar-refractivity contribution in [3.63, 3.8) is 0 Å². The van der Waals surface area contributed by atoms with Gasteiger partial charge in [-0.25, -0.2) is 20.2 Å². The molecule has 4 N–H and O–H groups in total. The Morgan fingerprint density at radius 3 is 2.52 bits per heavy atom. The molecule has 0 unspecified atom stereocenters. The number of hydrogen-bond acceptors (Lipinski definition) is 5. The number of nitrogens with one attached hydrogen (secondary N) is 3. The summed E-state index contributed by atoms with van der Waals surface area (Å²) in [5.74, 6) is 1.24. The third-order valence-electron chi connectivity index (χ3n) is 4.39. The molecule has 1 aliphatic heterocycles. The molecule has 1 atom stereocenters. The molecule has 0 amide bonds. The first kappa shape index (κ1) is 16.8. The lowest BCUT2D eigenvalue weighted by atomic mass is 10.1. The maximum Gasteiger partial charge on any atom is 0.357 e. The molecule has 4 rings (SSSR count). The van der Waals surface area contributed by atoms with Gasteiger partial charge in [0.1, 0.15) is 5.75 Å². The van der Waals surface area contributed by atoms with E-state index in [1.165, 1.54) is 11.6 Å². The summed E-state index contributed by atoms with van der Waals surface area (Å²) in [4.78, 5) is 20.4. The molecule has 0 radical (unpaired) electrons. The first-order valence-corrected chi connectivity index (χ1v) is 8.63. The number of phenols is 1. The van der Waals surface area contributed by atoms with Crippen LogP contribution in [0.1, 0.15) is 23.0 Å². The number of aromatic nitrogens is 2. The van der Waals surface area contributed by atoms with Crippen LogP contribution in [-0.4, -0.2) is 20.6 Å². The van der Waals surface area contributed by atoms with E-state index in [4.69, 9.17) is 0 Å². The number of aromatic hydroxyl groups is 1. The number of rotatable bonds is 2. The van der Waals surface area contributed by atoms with E-state index in [1.807, 2.05) is 31.2 Å². The first-order valence-electron chi connectivity index (χ1n) is 8.63. The molecule has 7 heteroatoms. The summed E-state index contributed by atoms with van der Waals surface area (Å²) in [6, 6.07) is 16.2. The topological polar surface area (TPSA) is 93.2 Å². The largest absolute Gasteiger partial charge is 0.508 e. The van der Waals surface area contributed by atoms with Gasteiger partial charge in [-0.15, -0.1) is 0 Å². The highest BCUT2D eigenvalue weighted by Crippen LogP contribution is 2.19. The highest BCUT2D eigenvalue weighted by molar-refractivity contribution is 5.99. The molecule has 0 bridgehead atoms. The van der Waals surface area contributed by atoms with E-state index >= 15 is 0 Å². The molecule has 0 saturated carbocycles. The van der Waals surface area contributed by atoms with Gasteiger partial charge < -0.3 is 5.11 Å². The smallest absolute Gasteiger partial charge is 0.357 e. The lowest BCUT2D eigenvalue weighted by molar-refractivity contribution is -0.520. The van der Waals surface area contributed by atoms with Crippen LogP contribution in [0.4, 0.5) is 11.6 Å². The minimum atomic E-state index is -0.463. The Balaban J connectivity index is 1.78. The second-order valence-corrected chi connectivity index (χ2v) is 6.56. The maximum atomic E-state index is 12.6. The second kappa shape index (κ2) is 6.60. The highest BCUT2D eigenvalue weighted by Gasteiger charge is 2.29. The van der Waals surface area contributed by atoms with Crippen LogP contribution in [0, 0.1) is 13.8 Å². The monoisotopic (exact) mass is 362 g/mol. The predicted molar refractivity (Wildman–Crippen MR) is 104 cm³/mol. The minimum Gasteiger partial charge on any atom is -0.508 e. The van der Waals surface area contributed by atoms with Gasteiger partial charge in [-0.3, -0.25) is 9.79 Å². The third-order valence-corrected chi connectivity index (χ3v) is 4.39. The van der Waals surface area contributed by atoms with E-state index in [1.54, 1.807) is 35.8 Å². The molecule has 2 aromatic carbocycles. The van der Waals surface area contributed by atoms with Gasteiger partial charge in [-0.1, -0.05) is 17.7 Å². The van der Waals surface area contributed by atoms with Gasteiger partial charge in [0.25, 0.3) is 11.5 Å². The molecule has 0 aliphatic carbocycles. The van der Waals surface area contributed by atoms with Gasteiger partial charge in [0, 0.05) is 17.3 Å². The summed E-state index contributed by atoms with van der Waals surface area (Å²) in [5, 5.41) is 16.0. The number of anilines is 2. The molecule has 2 heterocycles. The van der Waals surface area contributed by atoms with Crippen molar-refractivity contribution in [2.75, 3.05) is 10.6 Å². The van der Waals surface area contributed by atoms with Gasteiger partial charge in [-0.05, 0) is 50.2 Å². The van der Waals surface area contributed by atoms with Crippen LogP contribution in [0.25, 0.3) is 0 Å². The molecular formula is C20H20N5O2+. The fraction of sp³-hybridized carbons (Fsp3) is 0.150. The minimum absolute atomic E-state index is 0.162. The van der Waals surface area contributed by atoms with E-state index in [2.05, 4.69) is 20.6 Å². The van der Waals surface area contributed by atoms with Crippen molar-refractivity contribution in [1.29, 1.82) is 0 Å². The van der Waals surface area contributed by atoms with Crippen LogP contribution in [0.2, 0.25) is 0 Å². The molecular weight excluding hydrogens is 342 g/mol. The molecule has 0 saturated heterocycles. The van der Waals surface area contributed by atoms with Crippen LogP contribution in [0.3, 0.4) is 0 Å². The van der Waals surface area contributed by atoms with Crippen molar-refractivity contribution >= 4 is 17.6 Å². The number of phenolic OH excluding ortho intramolecular Hbond substituents is 1. The first-order chi connectivity index (χ1) is 13.0. The summed E-state index contributed by atoms with van der Waals surface area (Å²) >= 11 is 0. The van der Waals surface area contributed by atoms with Crippen molar-refractivity contribution in [3.05, 3.63) is 81.8 Å². The summed E-state index contributed by atoms with van der Waals surface area (Å²) in [6.07, 6.45) is -0.463. The summed E-state index contributed by atoms with van der Waals surface area (Å²) < 4.78 is 1.56. The standard InChI is InChI=1S/C20H19N5O2/c1-12-3-7-15(8-4-12)22-19-23-18(14-5-9-16(26)10-6-14)25-17(27)11-13(2)21-20(25)24-19/h3-11,18,26H,1-2H3,(H2,21,22,23,24)/p+1/t18-/m0/s1. The van der Waals surface area contributed by atoms with E-state index in [0.717, 1.165) is 11.3 Å². The van der Waals surface area contributed by atoms with Crippen LogP contribution in [0.15, 0.2) is 59.4 Å². The van der Waals surface area contributed by atoms with E-state index in [0.29, 0.717) is 17.6 Å². The van der Waals surface area contributed by atoms with Crippen molar-refractivity contribution < 1.29 is 10.1 Å². The normalized spacial score (nSPS) is 15.5. The molecule has 0 spiro atoms. The predicted octanol–water partition coefficient (Wildman–Crippen LogP) is 1.09. The van der Waals surface area contributed by atoms with Crippen LogP contribution in [-0.2, 0) is 0 Å². The van der Waals surface area contributed by atoms with Gasteiger partial charge >= 0.3 is 5.96 Å². The zero-order valence-corrected chi connectivity index (χ0v) is 15.0. The Labute approximate surface area is 156 Å². The van der Waals surface area contributed by atoms with Gasteiger partial charge in [0.2, 0.25) is 0 Å². The fourth-order valence-corrected chi connectivity index (χ4v) is 3.03. The molecule has 3 aromatic rings. The van der Waals surface area contributed by atoms with E-state index < -0.39 is 6.17 Å². The Kier molecular flexibility index (Phi) is 4.12. The molecule has 136 valence electrons. The second-order valence-electron chi connectivity index (χ2n) is 6.56.